The van der Waals surface area contributed by atoms with Gasteiger partial charge in [0.2, 0.25) is 5.91 Å². The van der Waals surface area contributed by atoms with Crippen molar-refractivity contribution in [3.63, 3.8) is 0 Å². The first-order chi connectivity index (χ1) is 10.2. The number of halogens is 2. The second kappa shape index (κ2) is 11.5. The minimum absolute atomic E-state index is 0. The van der Waals surface area contributed by atoms with Crippen LogP contribution in [0.4, 0.5) is 11.4 Å². The van der Waals surface area contributed by atoms with Crippen molar-refractivity contribution >= 4 is 42.1 Å². The van der Waals surface area contributed by atoms with Gasteiger partial charge in [0.25, 0.3) is 0 Å². The van der Waals surface area contributed by atoms with Gasteiger partial charge in [-0.05, 0) is 32.0 Å². The molecule has 23 heavy (non-hydrogen) atoms. The maximum absolute atomic E-state index is 12.2. The van der Waals surface area contributed by atoms with Gasteiger partial charge in [0.15, 0.2) is 0 Å². The van der Waals surface area contributed by atoms with Crippen LogP contribution in [0.25, 0.3) is 0 Å². The average Bonchev–Trinajstić information content (AvgIpc) is 2.77. The van der Waals surface area contributed by atoms with Crippen LogP contribution < -0.4 is 15.5 Å². The third-order valence-electron chi connectivity index (χ3n) is 4.07. The molecule has 0 radical (unpaired) electrons. The Bertz CT molecular complexity index is 463. The topological polar surface area (TPSA) is 44.4 Å². The molecule has 6 heteroatoms. The van der Waals surface area contributed by atoms with Crippen LogP contribution in [0.3, 0.4) is 0 Å². The number of nitrogens with one attached hydrogen (secondary N) is 2. The molecule has 1 fully saturated rings. The minimum Gasteiger partial charge on any atom is -0.370 e. The Morgan fingerprint density at radius 1 is 1.13 bits per heavy atom. The SMILES string of the molecule is CNCC(C)C(=O)Nc1ccccc1N1CCCCCC1.Cl.Cl. The number of carbonyl (C=O) groups is 1. The van der Waals surface area contributed by atoms with Gasteiger partial charge >= 0.3 is 0 Å². The van der Waals surface area contributed by atoms with Gasteiger partial charge in [0.05, 0.1) is 11.4 Å². The highest BCUT2D eigenvalue weighted by Crippen LogP contribution is 2.28. The van der Waals surface area contributed by atoms with E-state index in [0.29, 0.717) is 6.54 Å². The molecular formula is C17H29Cl2N3O. The zero-order chi connectivity index (χ0) is 15.1. The van der Waals surface area contributed by atoms with Gasteiger partial charge in [-0.2, -0.15) is 0 Å². The molecule has 0 aliphatic carbocycles. The van der Waals surface area contributed by atoms with Crippen LogP contribution in [0, 0.1) is 5.92 Å². The fourth-order valence-electron chi connectivity index (χ4n) is 2.82. The van der Waals surface area contributed by atoms with Crippen LogP contribution in [-0.4, -0.2) is 32.6 Å². The molecular weight excluding hydrogens is 333 g/mol. The van der Waals surface area contributed by atoms with Gasteiger partial charge in [0.1, 0.15) is 0 Å². The van der Waals surface area contributed by atoms with Gasteiger partial charge in [-0.3, -0.25) is 4.79 Å². The first-order valence-electron chi connectivity index (χ1n) is 8.02. The number of para-hydroxylation sites is 2. The molecule has 0 aromatic heterocycles. The highest BCUT2D eigenvalue weighted by Gasteiger charge is 2.17. The summed E-state index contributed by atoms with van der Waals surface area (Å²) in [5.41, 5.74) is 2.09. The molecule has 0 spiro atoms. The van der Waals surface area contributed by atoms with E-state index in [4.69, 9.17) is 0 Å². The fourth-order valence-corrected chi connectivity index (χ4v) is 2.82. The zero-order valence-corrected chi connectivity index (χ0v) is 15.6. The van der Waals surface area contributed by atoms with Crippen molar-refractivity contribution in [3.8, 4) is 0 Å². The number of hydrogen-bond donors (Lipinski definition) is 2. The lowest BCUT2D eigenvalue weighted by molar-refractivity contribution is -0.119. The molecule has 2 N–H and O–H groups in total. The lowest BCUT2D eigenvalue weighted by atomic mass is 10.1. The van der Waals surface area contributed by atoms with Crippen LogP contribution >= 0.6 is 24.8 Å². The lowest BCUT2D eigenvalue weighted by Crippen LogP contribution is -2.30. The number of hydrogen-bond acceptors (Lipinski definition) is 3. The first-order valence-corrected chi connectivity index (χ1v) is 8.02. The quantitative estimate of drug-likeness (QED) is 0.839. The smallest absolute Gasteiger partial charge is 0.228 e. The van der Waals surface area contributed by atoms with Crippen LogP contribution in [-0.2, 0) is 4.79 Å². The molecule has 1 unspecified atom stereocenters. The van der Waals surface area contributed by atoms with E-state index in [-0.39, 0.29) is 36.6 Å². The van der Waals surface area contributed by atoms with E-state index in [1.807, 2.05) is 32.2 Å². The summed E-state index contributed by atoms with van der Waals surface area (Å²) < 4.78 is 0. The van der Waals surface area contributed by atoms with Gasteiger partial charge in [-0.1, -0.05) is 31.9 Å². The van der Waals surface area contributed by atoms with E-state index in [2.05, 4.69) is 21.6 Å². The van der Waals surface area contributed by atoms with Crippen molar-refractivity contribution in [2.45, 2.75) is 32.6 Å². The standard InChI is InChI=1S/C17H27N3O.2ClH/c1-14(13-18-2)17(21)19-15-9-5-6-10-16(15)20-11-7-3-4-8-12-20;;/h5-6,9-10,14,18H,3-4,7-8,11-13H2,1-2H3,(H,19,21);2*1H. The van der Waals surface area contributed by atoms with Crippen LogP contribution in [0.5, 0.6) is 0 Å². The molecule has 1 aromatic carbocycles. The monoisotopic (exact) mass is 361 g/mol. The van der Waals surface area contributed by atoms with Crippen LogP contribution in [0.2, 0.25) is 0 Å². The number of carbonyl (C=O) groups excluding carboxylic acids is 1. The number of nitrogens with zero attached hydrogens (tertiary/aromatic N) is 1. The predicted molar refractivity (Wildman–Crippen MR) is 103 cm³/mol. The summed E-state index contributed by atoms with van der Waals surface area (Å²) in [4.78, 5) is 14.6. The zero-order valence-electron chi connectivity index (χ0n) is 14.0. The maximum atomic E-state index is 12.2. The summed E-state index contributed by atoms with van der Waals surface area (Å²) in [6, 6.07) is 8.15. The minimum atomic E-state index is -0.0350. The van der Waals surface area contributed by atoms with Gasteiger partial charge < -0.3 is 15.5 Å². The highest BCUT2D eigenvalue weighted by atomic mass is 35.5. The molecule has 1 amide bonds. The molecule has 4 nitrogen and oxygen atoms in total. The Hall–Kier alpha value is -0.970. The van der Waals surface area contributed by atoms with E-state index >= 15 is 0 Å². The molecule has 1 saturated heterocycles. The molecule has 1 aliphatic heterocycles. The van der Waals surface area contributed by atoms with Gasteiger partial charge in [0, 0.05) is 25.6 Å². The summed E-state index contributed by atoms with van der Waals surface area (Å²) in [7, 11) is 1.87. The second-order valence-corrected chi connectivity index (χ2v) is 5.87. The number of anilines is 2. The van der Waals surface area contributed by atoms with E-state index < -0.39 is 0 Å². The van der Waals surface area contributed by atoms with Crippen LogP contribution in [0.1, 0.15) is 32.6 Å². The van der Waals surface area contributed by atoms with E-state index in [9.17, 15) is 4.79 Å². The molecule has 1 aliphatic rings. The lowest BCUT2D eigenvalue weighted by Gasteiger charge is -2.26. The van der Waals surface area contributed by atoms with E-state index in [1.165, 1.54) is 25.7 Å². The molecule has 132 valence electrons. The highest BCUT2D eigenvalue weighted by molar-refractivity contribution is 5.95. The number of rotatable bonds is 5. The summed E-state index contributed by atoms with van der Waals surface area (Å²) in [6.45, 7) is 4.80. The second-order valence-electron chi connectivity index (χ2n) is 5.87. The molecule has 0 saturated carbocycles. The van der Waals surface area contributed by atoms with Crippen molar-refractivity contribution in [3.05, 3.63) is 24.3 Å². The summed E-state index contributed by atoms with van der Waals surface area (Å²) in [5, 5.41) is 6.14. The van der Waals surface area contributed by atoms with Crippen molar-refractivity contribution in [1.29, 1.82) is 0 Å². The van der Waals surface area contributed by atoms with Crippen LogP contribution in [0.15, 0.2) is 24.3 Å². The molecule has 2 rings (SSSR count). The van der Waals surface area contributed by atoms with Gasteiger partial charge in [-0.25, -0.2) is 0 Å². The molecule has 1 atom stereocenters. The first kappa shape index (κ1) is 22.0. The summed E-state index contributed by atoms with van der Waals surface area (Å²) >= 11 is 0. The number of amides is 1. The maximum Gasteiger partial charge on any atom is 0.228 e. The molecule has 1 aromatic rings. The number of benzene rings is 1. The summed E-state index contributed by atoms with van der Waals surface area (Å²) in [5.74, 6) is 0.0406. The third-order valence-corrected chi connectivity index (χ3v) is 4.07. The largest absolute Gasteiger partial charge is 0.370 e. The Morgan fingerprint density at radius 3 is 2.35 bits per heavy atom. The van der Waals surface area contributed by atoms with Crippen molar-refractivity contribution < 1.29 is 4.79 Å². The van der Waals surface area contributed by atoms with Crippen molar-refractivity contribution in [2.24, 2.45) is 5.92 Å². The predicted octanol–water partition coefficient (Wildman–Crippen LogP) is 3.70. The fraction of sp³-hybridized carbons (Fsp3) is 0.588. The normalized spacial score (nSPS) is 15.7. The van der Waals surface area contributed by atoms with Crippen molar-refractivity contribution in [2.75, 3.05) is 36.9 Å². The molecule has 1 heterocycles. The van der Waals surface area contributed by atoms with E-state index in [1.54, 1.807) is 0 Å². The Morgan fingerprint density at radius 2 is 1.74 bits per heavy atom. The van der Waals surface area contributed by atoms with Gasteiger partial charge in [-0.15, -0.1) is 24.8 Å². The average molecular weight is 362 g/mol. The third kappa shape index (κ3) is 6.58. The Labute approximate surface area is 152 Å². The summed E-state index contributed by atoms with van der Waals surface area (Å²) in [6.07, 6.45) is 5.09. The Kier molecular flexibility index (Phi) is 11.1. The molecule has 0 bridgehead atoms. The Balaban J connectivity index is 0.00000242. The van der Waals surface area contributed by atoms with E-state index in [0.717, 1.165) is 24.5 Å². The van der Waals surface area contributed by atoms with Crippen molar-refractivity contribution in [1.82, 2.24) is 5.32 Å².